The summed E-state index contributed by atoms with van der Waals surface area (Å²) in [6.45, 7) is 2.74. The van der Waals surface area contributed by atoms with Gasteiger partial charge in [-0.2, -0.15) is 0 Å². The lowest BCUT2D eigenvalue weighted by atomic mass is 10.1. The van der Waals surface area contributed by atoms with Crippen molar-refractivity contribution in [1.29, 1.82) is 0 Å². The Bertz CT molecular complexity index is 692. The molecule has 0 unspecified atom stereocenters. The molecule has 1 saturated heterocycles. The number of imidazole rings is 1. The highest BCUT2D eigenvalue weighted by Crippen LogP contribution is 2.15. The molecule has 0 spiro atoms. The van der Waals surface area contributed by atoms with E-state index >= 15 is 0 Å². The lowest BCUT2D eigenvalue weighted by Gasteiger charge is -2.23. The van der Waals surface area contributed by atoms with E-state index in [-0.39, 0.29) is 18.4 Å². The molecule has 0 aliphatic carbocycles. The first-order chi connectivity index (χ1) is 10.1. The van der Waals surface area contributed by atoms with Gasteiger partial charge in [0, 0.05) is 6.54 Å². The summed E-state index contributed by atoms with van der Waals surface area (Å²) in [4.78, 5) is 28.3. The Balaban J connectivity index is 1.74. The van der Waals surface area contributed by atoms with Gasteiger partial charge in [0.15, 0.2) is 0 Å². The van der Waals surface area contributed by atoms with Gasteiger partial charge in [-0.05, 0) is 31.9 Å². The van der Waals surface area contributed by atoms with Crippen LogP contribution in [0.3, 0.4) is 0 Å². The van der Waals surface area contributed by atoms with Crippen molar-refractivity contribution in [1.82, 2.24) is 20.2 Å². The van der Waals surface area contributed by atoms with E-state index in [2.05, 4.69) is 15.6 Å². The molecule has 110 valence electrons. The quantitative estimate of drug-likeness (QED) is 0.874. The zero-order valence-electron chi connectivity index (χ0n) is 11.9. The lowest BCUT2D eigenvalue weighted by molar-refractivity contribution is -0.130. The Kier molecular flexibility index (Phi) is 3.60. The number of benzene rings is 1. The minimum atomic E-state index is -0.415. The number of piperidine rings is 1. The van der Waals surface area contributed by atoms with Crippen molar-refractivity contribution < 1.29 is 9.59 Å². The first-order valence-electron chi connectivity index (χ1n) is 7.14. The van der Waals surface area contributed by atoms with Gasteiger partial charge in [-0.15, -0.1) is 0 Å². The number of fused-ring (bicyclic) bond motifs is 1. The summed E-state index contributed by atoms with van der Waals surface area (Å²) in [7, 11) is 0. The molecule has 0 bridgehead atoms. The number of aromatic nitrogens is 2. The van der Waals surface area contributed by atoms with Gasteiger partial charge in [0.25, 0.3) is 0 Å². The Morgan fingerprint density at radius 2 is 2.29 bits per heavy atom. The minimum absolute atomic E-state index is 0.0955. The van der Waals surface area contributed by atoms with Crippen molar-refractivity contribution in [3.63, 3.8) is 0 Å². The number of carbonyl (C=O) groups excluding carboxylic acids is 2. The molecule has 3 rings (SSSR count). The van der Waals surface area contributed by atoms with E-state index in [0.29, 0.717) is 13.0 Å². The van der Waals surface area contributed by atoms with Crippen molar-refractivity contribution in [2.45, 2.75) is 32.4 Å². The number of rotatable bonds is 3. The van der Waals surface area contributed by atoms with Gasteiger partial charge in [0.2, 0.25) is 11.8 Å². The fourth-order valence-electron chi connectivity index (χ4n) is 2.69. The fourth-order valence-corrected chi connectivity index (χ4v) is 2.69. The molecule has 1 atom stereocenters. The number of amides is 2. The number of hydrogen-bond acceptors (Lipinski definition) is 3. The Labute approximate surface area is 122 Å². The van der Waals surface area contributed by atoms with Crippen LogP contribution in [0.5, 0.6) is 0 Å². The van der Waals surface area contributed by atoms with Crippen molar-refractivity contribution in [2.24, 2.45) is 0 Å². The standard InChI is InChI=1S/C15H18N4O2/c1-10-17-11-5-2-3-7-13(11)19(10)9-14(20)18-12-6-4-8-16-15(12)21/h2-3,5,7,12H,4,6,8-9H2,1H3,(H,16,21)(H,18,20)/t12-/m0/s1. The largest absolute Gasteiger partial charge is 0.354 e. The van der Waals surface area contributed by atoms with E-state index in [0.717, 1.165) is 23.3 Å². The number of nitrogens with zero attached hydrogens (tertiary/aromatic N) is 2. The molecule has 2 amide bonds. The molecule has 2 aromatic rings. The molecule has 6 nitrogen and oxygen atoms in total. The minimum Gasteiger partial charge on any atom is -0.354 e. The Morgan fingerprint density at radius 3 is 3.10 bits per heavy atom. The molecule has 2 N–H and O–H groups in total. The summed E-state index contributed by atoms with van der Waals surface area (Å²) in [5, 5.41) is 5.56. The molecule has 1 aromatic heterocycles. The van der Waals surface area contributed by atoms with Crippen LogP contribution in [0.4, 0.5) is 0 Å². The van der Waals surface area contributed by atoms with E-state index in [9.17, 15) is 9.59 Å². The van der Waals surface area contributed by atoms with Gasteiger partial charge in [0.1, 0.15) is 18.4 Å². The summed E-state index contributed by atoms with van der Waals surface area (Å²) in [6, 6.07) is 7.29. The highest BCUT2D eigenvalue weighted by atomic mass is 16.2. The monoisotopic (exact) mass is 286 g/mol. The third-order valence-corrected chi connectivity index (χ3v) is 3.77. The zero-order chi connectivity index (χ0) is 14.8. The molecule has 1 aliphatic heterocycles. The van der Waals surface area contributed by atoms with Crippen LogP contribution < -0.4 is 10.6 Å². The number of hydrogen-bond donors (Lipinski definition) is 2. The molecule has 2 heterocycles. The average molecular weight is 286 g/mol. The summed E-state index contributed by atoms with van der Waals surface area (Å²) >= 11 is 0. The van der Waals surface area contributed by atoms with Gasteiger partial charge in [-0.3, -0.25) is 9.59 Å². The predicted octanol–water partition coefficient (Wildman–Crippen LogP) is 0.740. The average Bonchev–Trinajstić information content (AvgIpc) is 2.78. The molecule has 1 aromatic carbocycles. The summed E-state index contributed by atoms with van der Waals surface area (Å²) in [6.07, 6.45) is 1.59. The van der Waals surface area contributed by atoms with Gasteiger partial charge in [0.05, 0.1) is 11.0 Å². The zero-order valence-corrected chi connectivity index (χ0v) is 11.9. The maximum Gasteiger partial charge on any atom is 0.242 e. The third kappa shape index (κ3) is 2.74. The maximum atomic E-state index is 12.2. The van der Waals surface area contributed by atoms with Crippen molar-refractivity contribution in [2.75, 3.05) is 6.54 Å². The molecule has 6 heteroatoms. The van der Waals surface area contributed by atoms with Gasteiger partial charge >= 0.3 is 0 Å². The highest BCUT2D eigenvalue weighted by molar-refractivity contribution is 5.88. The second-order valence-corrected chi connectivity index (χ2v) is 5.29. The number of carbonyl (C=O) groups is 2. The molecule has 0 radical (unpaired) electrons. The summed E-state index contributed by atoms with van der Waals surface area (Å²) < 4.78 is 1.87. The van der Waals surface area contributed by atoms with Crippen LogP contribution >= 0.6 is 0 Å². The summed E-state index contributed by atoms with van der Waals surface area (Å²) in [5.41, 5.74) is 1.80. The molecule has 1 aliphatic rings. The molecule has 21 heavy (non-hydrogen) atoms. The van der Waals surface area contributed by atoms with Gasteiger partial charge < -0.3 is 15.2 Å². The topological polar surface area (TPSA) is 76.0 Å². The number of para-hydroxylation sites is 2. The highest BCUT2D eigenvalue weighted by Gasteiger charge is 2.23. The molecular weight excluding hydrogens is 268 g/mol. The van der Waals surface area contributed by atoms with Gasteiger partial charge in [-0.25, -0.2) is 4.98 Å². The second-order valence-electron chi connectivity index (χ2n) is 5.29. The normalized spacial score (nSPS) is 18.5. The van der Waals surface area contributed by atoms with E-state index in [1.165, 1.54) is 0 Å². The molecular formula is C15H18N4O2. The summed E-state index contributed by atoms with van der Waals surface area (Å²) in [5.74, 6) is 0.532. The first-order valence-corrected chi connectivity index (χ1v) is 7.14. The third-order valence-electron chi connectivity index (χ3n) is 3.77. The second kappa shape index (κ2) is 5.55. The smallest absolute Gasteiger partial charge is 0.242 e. The van der Waals surface area contributed by atoms with Crippen LogP contribution in [-0.4, -0.2) is 34.0 Å². The van der Waals surface area contributed by atoms with Crippen LogP contribution in [0.15, 0.2) is 24.3 Å². The maximum absolute atomic E-state index is 12.2. The van der Waals surface area contributed by atoms with Crippen LogP contribution in [0.2, 0.25) is 0 Å². The van der Waals surface area contributed by atoms with Crippen LogP contribution in [0.25, 0.3) is 11.0 Å². The van der Waals surface area contributed by atoms with Crippen molar-refractivity contribution >= 4 is 22.8 Å². The Hall–Kier alpha value is -2.37. The van der Waals surface area contributed by atoms with E-state index in [1.54, 1.807) is 0 Å². The number of nitrogens with one attached hydrogen (secondary N) is 2. The lowest BCUT2D eigenvalue weighted by Crippen LogP contribution is -2.50. The number of aryl methyl sites for hydroxylation is 1. The predicted molar refractivity (Wildman–Crippen MR) is 78.6 cm³/mol. The molecule has 1 fully saturated rings. The van der Waals surface area contributed by atoms with Crippen molar-refractivity contribution in [3.8, 4) is 0 Å². The van der Waals surface area contributed by atoms with Crippen LogP contribution in [-0.2, 0) is 16.1 Å². The van der Waals surface area contributed by atoms with Crippen LogP contribution in [0.1, 0.15) is 18.7 Å². The van der Waals surface area contributed by atoms with Gasteiger partial charge in [-0.1, -0.05) is 12.1 Å². The van der Waals surface area contributed by atoms with Crippen LogP contribution in [0, 0.1) is 6.92 Å². The van der Waals surface area contributed by atoms with E-state index in [1.807, 2.05) is 35.8 Å². The Morgan fingerprint density at radius 1 is 1.48 bits per heavy atom. The fraction of sp³-hybridized carbons (Fsp3) is 0.400. The van der Waals surface area contributed by atoms with Crippen molar-refractivity contribution in [3.05, 3.63) is 30.1 Å². The van der Waals surface area contributed by atoms with E-state index in [4.69, 9.17) is 0 Å². The SMILES string of the molecule is Cc1nc2ccccc2n1CC(=O)N[C@H]1CCCNC1=O. The first kappa shape index (κ1) is 13.6. The van der Waals surface area contributed by atoms with E-state index < -0.39 is 6.04 Å². The molecule has 0 saturated carbocycles.